The number of allylic oxidation sites excluding steroid dienone is 3. The number of hydrogen-bond donors (Lipinski definition) is 1. The van der Waals surface area contributed by atoms with E-state index in [0.29, 0.717) is 0 Å². The van der Waals surface area contributed by atoms with Crippen LogP contribution in [0.3, 0.4) is 0 Å². The van der Waals surface area contributed by atoms with Crippen molar-refractivity contribution >= 4 is 10.9 Å². The second-order valence-electron chi connectivity index (χ2n) is 5.38. The van der Waals surface area contributed by atoms with E-state index in [0.717, 1.165) is 14.7 Å². The Labute approximate surface area is 136 Å². The molecule has 2 aromatic rings. The van der Waals surface area contributed by atoms with Crippen LogP contribution < -0.4 is 0 Å². The van der Waals surface area contributed by atoms with Crippen molar-refractivity contribution in [2.45, 2.75) is 22.4 Å². The molecule has 0 fully saturated rings. The Morgan fingerprint density at radius 2 is 1.35 bits per heavy atom. The summed E-state index contributed by atoms with van der Waals surface area (Å²) in [6.45, 7) is 0. The van der Waals surface area contributed by atoms with Crippen LogP contribution in [0.4, 0.5) is 13.2 Å². The molecule has 1 unspecified atom stereocenters. The van der Waals surface area contributed by atoms with E-state index in [1.807, 2.05) is 66.7 Å². The molecule has 23 heavy (non-hydrogen) atoms. The topological polar surface area (TPSA) is 0 Å². The summed E-state index contributed by atoms with van der Waals surface area (Å²) in [5.41, 5.74) is 0. The fraction of sp³-hybridized carbons (Fsp3) is 0.158. The summed E-state index contributed by atoms with van der Waals surface area (Å²) < 4.78 is 39.3. The van der Waals surface area contributed by atoms with Crippen molar-refractivity contribution in [1.82, 2.24) is 0 Å². The van der Waals surface area contributed by atoms with Crippen LogP contribution in [-0.2, 0) is 0 Å². The van der Waals surface area contributed by atoms with Gasteiger partial charge in [0.15, 0.2) is 0 Å². The molecule has 120 valence electrons. The quantitative estimate of drug-likeness (QED) is 0.642. The van der Waals surface area contributed by atoms with Gasteiger partial charge in [0.2, 0.25) is 0 Å². The maximum absolute atomic E-state index is 13.1. The van der Waals surface area contributed by atoms with Gasteiger partial charge in [-0.1, -0.05) is 54.6 Å². The van der Waals surface area contributed by atoms with E-state index in [1.165, 1.54) is 6.08 Å². The second-order valence-corrected chi connectivity index (χ2v) is 7.60. The van der Waals surface area contributed by atoms with Gasteiger partial charge in [-0.25, -0.2) is 0 Å². The van der Waals surface area contributed by atoms with E-state index in [2.05, 4.69) is 0 Å². The highest BCUT2D eigenvalue weighted by atomic mass is 32.2. The third-order valence-electron chi connectivity index (χ3n) is 3.76. The van der Waals surface area contributed by atoms with Crippen molar-refractivity contribution < 1.29 is 13.2 Å². The molecular weight excluding hydrogens is 317 g/mol. The first-order valence-electron chi connectivity index (χ1n) is 7.41. The van der Waals surface area contributed by atoms with Gasteiger partial charge < -0.3 is 0 Å². The summed E-state index contributed by atoms with van der Waals surface area (Å²) in [6, 6.07) is 19.5. The monoisotopic (exact) mass is 334 g/mol. The number of halogens is 3. The summed E-state index contributed by atoms with van der Waals surface area (Å²) in [5.74, 6) is -1.39. The fourth-order valence-corrected chi connectivity index (χ4v) is 5.06. The first kappa shape index (κ1) is 15.9. The SMILES string of the molecule is FC(F)(F)C1C=C([SH](c2ccccc2)c2ccccc2)C=CC1. The molecule has 0 spiro atoms. The first-order chi connectivity index (χ1) is 11.1. The molecule has 0 radical (unpaired) electrons. The van der Waals surface area contributed by atoms with Crippen LogP contribution in [0.15, 0.2) is 93.6 Å². The normalized spacial score (nSPS) is 18.5. The van der Waals surface area contributed by atoms with Gasteiger partial charge in [0.05, 0.1) is 5.92 Å². The second kappa shape index (κ2) is 6.67. The summed E-state index contributed by atoms with van der Waals surface area (Å²) in [4.78, 5) is 2.89. The number of thiol groups is 1. The van der Waals surface area contributed by atoms with Crippen LogP contribution >= 0.6 is 10.9 Å². The molecule has 0 aliphatic heterocycles. The molecule has 4 heteroatoms. The molecule has 1 atom stereocenters. The zero-order valence-electron chi connectivity index (χ0n) is 12.4. The maximum Gasteiger partial charge on any atom is 0.395 e. The van der Waals surface area contributed by atoms with Crippen LogP contribution in [0, 0.1) is 5.92 Å². The van der Waals surface area contributed by atoms with E-state index >= 15 is 0 Å². The number of hydrogen-bond acceptors (Lipinski definition) is 0. The van der Waals surface area contributed by atoms with Gasteiger partial charge >= 0.3 is 6.18 Å². The Hall–Kier alpha value is -1.94. The zero-order chi connectivity index (χ0) is 16.3. The van der Waals surface area contributed by atoms with E-state index in [4.69, 9.17) is 0 Å². The van der Waals surface area contributed by atoms with E-state index in [9.17, 15) is 13.2 Å². The molecule has 0 saturated heterocycles. The van der Waals surface area contributed by atoms with E-state index < -0.39 is 23.0 Å². The maximum atomic E-state index is 13.1. The Bertz CT molecular complexity index is 663. The fourth-order valence-electron chi connectivity index (χ4n) is 2.64. The molecule has 0 nitrogen and oxygen atoms in total. The third-order valence-corrected chi connectivity index (χ3v) is 6.20. The lowest BCUT2D eigenvalue weighted by atomic mass is 10.0. The predicted octanol–water partition coefficient (Wildman–Crippen LogP) is 6.13. The van der Waals surface area contributed by atoms with Gasteiger partial charge in [0, 0.05) is 0 Å². The highest BCUT2D eigenvalue weighted by molar-refractivity contribution is 8.20. The molecule has 2 aromatic carbocycles. The lowest BCUT2D eigenvalue weighted by Crippen LogP contribution is -2.22. The smallest absolute Gasteiger partial charge is 0.173 e. The van der Waals surface area contributed by atoms with Crippen molar-refractivity contribution in [2.75, 3.05) is 0 Å². The van der Waals surface area contributed by atoms with Crippen LogP contribution in [-0.4, -0.2) is 6.18 Å². The summed E-state index contributed by atoms with van der Waals surface area (Å²) in [6.07, 6.45) is 0.749. The summed E-state index contributed by atoms with van der Waals surface area (Å²) in [7, 11) is -0.969. The molecule has 0 bridgehead atoms. The molecule has 1 aliphatic carbocycles. The lowest BCUT2D eigenvalue weighted by Gasteiger charge is -2.28. The van der Waals surface area contributed by atoms with Crippen LogP contribution in [0.5, 0.6) is 0 Å². The van der Waals surface area contributed by atoms with Crippen molar-refractivity contribution in [1.29, 1.82) is 0 Å². The molecule has 0 amide bonds. The number of benzene rings is 2. The molecule has 0 heterocycles. The highest BCUT2D eigenvalue weighted by Crippen LogP contribution is 2.53. The zero-order valence-corrected chi connectivity index (χ0v) is 13.3. The van der Waals surface area contributed by atoms with Crippen LogP contribution in [0.25, 0.3) is 0 Å². The van der Waals surface area contributed by atoms with Crippen LogP contribution in [0.2, 0.25) is 0 Å². The lowest BCUT2D eigenvalue weighted by molar-refractivity contribution is -0.160. The first-order valence-corrected chi connectivity index (χ1v) is 8.75. The van der Waals surface area contributed by atoms with Gasteiger partial charge in [-0.3, -0.25) is 0 Å². The van der Waals surface area contributed by atoms with Gasteiger partial charge in [0.25, 0.3) is 0 Å². The average molecular weight is 334 g/mol. The standard InChI is InChI=1S/C19H17F3S/c20-19(21,22)15-8-7-13-18(14-15)23(16-9-3-1-4-10-16)17-11-5-2-6-12-17/h1-7,9-15,23H,8H2. The van der Waals surface area contributed by atoms with Gasteiger partial charge in [-0.05, 0) is 45.4 Å². The minimum absolute atomic E-state index is 0.0275. The molecule has 0 aromatic heterocycles. The highest BCUT2D eigenvalue weighted by Gasteiger charge is 2.38. The molecular formula is C19H17F3S. The van der Waals surface area contributed by atoms with Gasteiger partial charge in [-0.2, -0.15) is 24.1 Å². The minimum Gasteiger partial charge on any atom is -0.173 e. The minimum atomic E-state index is -4.19. The Kier molecular flexibility index (Phi) is 4.62. The predicted molar refractivity (Wildman–Crippen MR) is 89.8 cm³/mol. The van der Waals surface area contributed by atoms with Crippen molar-refractivity contribution in [2.24, 2.45) is 5.92 Å². The summed E-state index contributed by atoms with van der Waals surface area (Å²) >= 11 is 0. The molecule has 0 saturated carbocycles. The number of alkyl halides is 3. The third kappa shape index (κ3) is 3.70. The van der Waals surface area contributed by atoms with E-state index in [1.54, 1.807) is 6.08 Å². The Balaban J connectivity index is 2.06. The Morgan fingerprint density at radius 3 is 1.83 bits per heavy atom. The summed E-state index contributed by atoms with van der Waals surface area (Å²) in [5, 5.41) is 0. The van der Waals surface area contributed by atoms with Gasteiger partial charge in [-0.15, -0.1) is 0 Å². The van der Waals surface area contributed by atoms with Crippen LogP contribution in [0.1, 0.15) is 6.42 Å². The van der Waals surface area contributed by atoms with Crippen molar-refractivity contribution in [3.05, 3.63) is 83.8 Å². The van der Waals surface area contributed by atoms with Crippen molar-refractivity contribution in [3.8, 4) is 0 Å². The van der Waals surface area contributed by atoms with Gasteiger partial charge in [0.1, 0.15) is 0 Å². The van der Waals surface area contributed by atoms with E-state index in [-0.39, 0.29) is 6.42 Å². The molecule has 3 rings (SSSR count). The Morgan fingerprint density at radius 1 is 0.826 bits per heavy atom. The number of rotatable bonds is 3. The van der Waals surface area contributed by atoms with Crippen molar-refractivity contribution in [3.63, 3.8) is 0 Å². The molecule has 0 N–H and O–H groups in total. The largest absolute Gasteiger partial charge is 0.395 e. The average Bonchev–Trinajstić information content (AvgIpc) is 2.57. The molecule has 1 aliphatic rings.